The zero-order valence-corrected chi connectivity index (χ0v) is 18.5. The van der Waals surface area contributed by atoms with Gasteiger partial charge in [-0.05, 0) is 52.0 Å². The van der Waals surface area contributed by atoms with Crippen molar-refractivity contribution >= 4 is 18.0 Å². The molecule has 1 aliphatic heterocycles. The minimum Gasteiger partial charge on any atom is -0.444 e. The molecule has 1 fully saturated rings. The fourth-order valence-corrected chi connectivity index (χ4v) is 3.27. The van der Waals surface area contributed by atoms with Gasteiger partial charge in [-0.1, -0.05) is 0 Å². The Morgan fingerprint density at radius 3 is 2.44 bits per heavy atom. The standard InChI is InChI=1S/C21H27FN6O4/c1-14-12-26(20(31)32-21(2,3)4)9-10-27(14)19(30)25-24-18(29)17-11-23-13-28(17)16-7-5-15(22)6-8-16/h5-8,11,13-14H,9-10,12H2,1-4H3,(H,24,29)(H,25,30). The van der Waals surface area contributed by atoms with E-state index in [1.807, 2.05) is 6.92 Å². The van der Waals surface area contributed by atoms with Crippen LogP contribution in [-0.2, 0) is 4.74 Å². The first-order valence-corrected chi connectivity index (χ1v) is 10.2. The molecule has 0 aliphatic carbocycles. The fraction of sp³-hybridized carbons (Fsp3) is 0.429. The van der Waals surface area contributed by atoms with Crippen molar-refractivity contribution < 1.29 is 23.5 Å². The quantitative estimate of drug-likeness (QED) is 0.688. The summed E-state index contributed by atoms with van der Waals surface area (Å²) in [5.41, 5.74) is 4.88. The number of hydrazine groups is 1. The van der Waals surface area contributed by atoms with Crippen LogP contribution < -0.4 is 10.9 Å². The Labute approximate surface area is 185 Å². The number of nitrogens with one attached hydrogen (secondary N) is 2. The molecule has 172 valence electrons. The van der Waals surface area contributed by atoms with Crippen LogP contribution in [0.3, 0.4) is 0 Å². The molecule has 32 heavy (non-hydrogen) atoms. The van der Waals surface area contributed by atoms with Gasteiger partial charge in [-0.15, -0.1) is 0 Å². The molecule has 2 aromatic rings. The predicted molar refractivity (Wildman–Crippen MR) is 113 cm³/mol. The van der Waals surface area contributed by atoms with Crippen LogP contribution in [0.2, 0.25) is 0 Å². The summed E-state index contributed by atoms with van der Waals surface area (Å²) in [6.45, 7) is 8.11. The van der Waals surface area contributed by atoms with Crippen LogP contribution >= 0.6 is 0 Å². The Kier molecular flexibility index (Phi) is 6.66. The summed E-state index contributed by atoms with van der Waals surface area (Å²) in [7, 11) is 0. The lowest BCUT2D eigenvalue weighted by atomic mass is 10.2. The lowest BCUT2D eigenvalue weighted by Gasteiger charge is -2.39. The number of aromatic nitrogens is 2. The zero-order valence-electron chi connectivity index (χ0n) is 18.5. The molecule has 2 heterocycles. The van der Waals surface area contributed by atoms with Crippen molar-refractivity contribution in [2.45, 2.75) is 39.3 Å². The molecule has 0 bridgehead atoms. The minimum atomic E-state index is -0.598. The zero-order chi connectivity index (χ0) is 23.5. The second-order valence-corrected chi connectivity index (χ2v) is 8.48. The largest absolute Gasteiger partial charge is 0.444 e. The van der Waals surface area contributed by atoms with Gasteiger partial charge < -0.3 is 14.5 Å². The van der Waals surface area contributed by atoms with Gasteiger partial charge in [-0.25, -0.2) is 24.4 Å². The number of carbonyl (C=O) groups is 3. The number of piperazine rings is 1. The van der Waals surface area contributed by atoms with E-state index in [4.69, 9.17) is 4.74 Å². The molecule has 2 N–H and O–H groups in total. The van der Waals surface area contributed by atoms with E-state index in [1.165, 1.54) is 46.3 Å². The molecule has 1 unspecified atom stereocenters. The van der Waals surface area contributed by atoms with Gasteiger partial charge in [-0.3, -0.25) is 14.8 Å². The third-order valence-electron chi connectivity index (χ3n) is 4.80. The van der Waals surface area contributed by atoms with E-state index >= 15 is 0 Å². The number of urea groups is 1. The second kappa shape index (κ2) is 9.25. The van der Waals surface area contributed by atoms with Crippen LogP contribution in [0.25, 0.3) is 5.69 Å². The Hall–Kier alpha value is -3.63. The molecule has 1 aromatic carbocycles. The Bertz CT molecular complexity index is 985. The molecule has 0 saturated carbocycles. The molecule has 1 aromatic heterocycles. The molecule has 1 aliphatic rings. The predicted octanol–water partition coefficient (Wildman–Crippen LogP) is 2.31. The normalized spacial score (nSPS) is 16.5. The van der Waals surface area contributed by atoms with Gasteiger partial charge in [0.05, 0.1) is 12.5 Å². The number of benzene rings is 1. The highest BCUT2D eigenvalue weighted by molar-refractivity contribution is 5.94. The van der Waals surface area contributed by atoms with E-state index in [0.29, 0.717) is 18.8 Å². The average molecular weight is 446 g/mol. The molecule has 0 spiro atoms. The van der Waals surface area contributed by atoms with Crippen molar-refractivity contribution in [1.82, 2.24) is 30.2 Å². The van der Waals surface area contributed by atoms with Gasteiger partial charge in [0, 0.05) is 31.4 Å². The maximum atomic E-state index is 13.2. The number of halogens is 1. The number of hydrogen-bond acceptors (Lipinski definition) is 5. The minimum absolute atomic E-state index is 0.166. The molecule has 1 atom stereocenters. The molecule has 4 amide bonds. The van der Waals surface area contributed by atoms with Gasteiger partial charge in [-0.2, -0.15) is 0 Å². The number of rotatable bonds is 2. The third kappa shape index (κ3) is 5.54. The van der Waals surface area contributed by atoms with Crippen molar-refractivity contribution in [2.24, 2.45) is 0 Å². The van der Waals surface area contributed by atoms with Crippen LogP contribution in [0, 0.1) is 5.82 Å². The number of ether oxygens (including phenoxy) is 1. The van der Waals surface area contributed by atoms with Crippen molar-refractivity contribution in [1.29, 1.82) is 0 Å². The van der Waals surface area contributed by atoms with Gasteiger partial charge in [0.15, 0.2) is 0 Å². The topological polar surface area (TPSA) is 109 Å². The van der Waals surface area contributed by atoms with E-state index in [0.717, 1.165) is 0 Å². The molecular formula is C21H27FN6O4. The van der Waals surface area contributed by atoms with Crippen LogP contribution in [0.5, 0.6) is 0 Å². The second-order valence-electron chi connectivity index (χ2n) is 8.48. The molecule has 10 nitrogen and oxygen atoms in total. The number of imidazole rings is 1. The van der Waals surface area contributed by atoms with Crippen LogP contribution in [-0.4, -0.2) is 68.7 Å². The van der Waals surface area contributed by atoms with E-state index in [2.05, 4.69) is 15.8 Å². The highest BCUT2D eigenvalue weighted by Gasteiger charge is 2.32. The highest BCUT2D eigenvalue weighted by atomic mass is 19.1. The molecule has 11 heteroatoms. The van der Waals surface area contributed by atoms with Gasteiger partial charge in [0.25, 0.3) is 5.91 Å². The molecule has 3 rings (SSSR count). The fourth-order valence-electron chi connectivity index (χ4n) is 3.27. The Morgan fingerprint density at radius 2 is 1.81 bits per heavy atom. The maximum absolute atomic E-state index is 13.2. The third-order valence-corrected chi connectivity index (χ3v) is 4.80. The summed E-state index contributed by atoms with van der Waals surface area (Å²) in [6.07, 6.45) is 2.33. The summed E-state index contributed by atoms with van der Waals surface area (Å²) in [5.74, 6) is -0.978. The van der Waals surface area contributed by atoms with Crippen molar-refractivity contribution in [3.8, 4) is 5.69 Å². The summed E-state index contributed by atoms with van der Waals surface area (Å²) < 4.78 is 20.0. The number of nitrogens with zero attached hydrogens (tertiary/aromatic N) is 4. The number of carbonyl (C=O) groups excluding carboxylic acids is 3. The van der Waals surface area contributed by atoms with E-state index in [-0.39, 0.29) is 18.3 Å². The van der Waals surface area contributed by atoms with Gasteiger partial charge in [0.1, 0.15) is 17.1 Å². The molecular weight excluding hydrogens is 419 g/mol. The summed E-state index contributed by atoms with van der Waals surface area (Å²) in [6, 6.07) is 4.80. The molecule has 1 saturated heterocycles. The first-order chi connectivity index (χ1) is 15.0. The van der Waals surface area contributed by atoms with Crippen molar-refractivity contribution in [3.05, 3.63) is 48.3 Å². The van der Waals surface area contributed by atoms with E-state index in [1.54, 1.807) is 25.7 Å². The van der Waals surface area contributed by atoms with Gasteiger partial charge >= 0.3 is 12.1 Å². The van der Waals surface area contributed by atoms with Crippen molar-refractivity contribution in [2.75, 3.05) is 19.6 Å². The summed E-state index contributed by atoms with van der Waals surface area (Å²) in [4.78, 5) is 44.4. The van der Waals surface area contributed by atoms with Crippen LogP contribution in [0.15, 0.2) is 36.8 Å². The lowest BCUT2D eigenvalue weighted by Crippen LogP contribution is -2.60. The van der Waals surface area contributed by atoms with Gasteiger partial charge in [0.2, 0.25) is 0 Å². The van der Waals surface area contributed by atoms with E-state index < -0.39 is 29.4 Å². The smallest absolute Gasteiger partial charge is 0.410 e. The monoisotopic (exact) mass is 446 g/mol. The maximum Gasteiger partial charge on any atom is 0.410 e. The number of hydrogen-bond donors (Lipinski definition) is 2. The Balaban J connectivity index is 1.55. The first kappa shape index (κ1) is 23.0. The van der Waals surface area contributed by atoms with Crippen molar-refractivity contribution in [3.63, 3.8) is 0 Å². The van der Waals surface area contributed by atoms with E-state index in [9.17, 15) is 18.8 Å². The van der Waals surface area contributed by atoms with Crippen LogP contribution in [0.1, 0.15) is 38.2 Å². The lowest BCUT2D eigenvalue weighted by molar-refractivity contribution is 0.0104. The first-order valence-electron chi connectivity index (χ1n) is 10.2. The number of amides is 4. The molecule has 0 radical (unpaired) electrons. The van der Waals surface area contributed by atoms with Crippen LogP contribution in [0.4, 0.5) is 14.0 Å². The average Bonchev–Trinajstić information content (AvgIpc) is 3.21. The SMILES string of the molecule is CC1CN(C(=O)OC(C)(C)C)CCN1C(=O)NNC(=O)c1cncn1-c1ccc(F)cc1. The Morgan fingerprint density at radius 1 is 1.12 bits per heavy atom. The summed E-state index contributed by atoms with van der Waals surface area (Å²) >= 11 is 0. The highest BCUT2D eigenvalue weighted by Crippen LogP contribution is 2.15. The summed E-state index contributed by atoms with van der Waals surface area (Å²) in [5, 5.41) is 0.